The van der Waals surface area contributed by atoms with Crippen LogP contribution < -0.4 is 5.73 Å². The van der Waals surface area contributed by atoms with Crippen LogP contribution in [0.2, 0.25) is 0 Å². The average molecular weight is 415 g/mol. The van der Waals surface area contributed by atoms with E-state index in [1.165, 1.54) is 18.2 Å². The predicted molar refractivity (Wildman–Crippen MR) is 105 cm³/mol. The van der Waals surface area contributed by atoms with Crippen molar-refractivity contribution in [3.8, 4) is 0 Å². The molecule has 0 bridgehead atoms. The second kappa shape index (κ2) is 7.48. The van der Waals surface area contributed by atoms with Crippen LogP contribution in [-0.4, -0.2) is 11.9 Å². The first-order chi connectivity index (χ1) is 14.3. The normalized spacial score (nSPS) is 16.9. The molecule has 4 rings (SSSR count). The Morgan fingerprint density at radius 2 is 1.70 bits per heavy atom. The predicted octanol–water partition coefficient (Wildman–Crippen LogP) is 5.23. The van der Waals surface area contributed by atoms with Crippen molar-refractivity contribution >= 4 is 22.1 Å². The number of carbonyl (C=O) groups is 1. The van der Waals surface area contributed by atoms with Gasteiger partial charge in [0.15, 0.2) is 12.0 Å². The molecule has 3 aromatic carbocycles. The third-order valence-corrected chi connectivity index (χ3v) is 5.15. The summed E-state index contributed by atoms with van der Waals surface area (Å²) in [7, 11) is 0. The first kappa shape index (κ1) is 19.9. The van der Waals surface area contributed by atoms with Gasteiger partial charge in [0.2, 0.25) is 5.78 Å². The van der Waals surface area contributed by atoms with Gasteiger partial charge >= 0.3 is 6.18 Å². The maximum Gasteiger partial charge on any atom is 0.416 e. The molecule has 0 saturated heterocycles. The maximum atomic E-state index is 14.3. The van der Waals surface area contributed by atoms with Gasteiger partial charge in [-0.2, -0.15) is 13.2 Å². The van der Waals surface area contributed by atoms with E-state index < -0.39 is 23.6 Å². The van der Waals surface area contributed by atoms with Gasteiger partial charge in [0, 0.05) is 5.39 Å². The molecule has 154 valence electrons. The largest absolute Gasteiger partial charge is 0.467 e. The van der Waals surface area contributed by atoms with Gasteiger partial charge in [0.25, 0.3) is 0 Å². The highest BCUT2D eigenvalue weighted by Gasteiger charge is 2.36. The molecule has 0 aromatic heterocycles. The number of carbonyl (C=O) groups excluding carboxylic acids is 1. The number of ether oxygens (including phenoxy) is 1. The van der Waals surface area contributed by atoms with Crippen LogP contribution in [0.1, 0.15) is 23.1 Å². The molecule has 0 radical (unpaired) electrons. The van der Waals surface area contributed by atoms with E-state index in [1.807, 2.05) is 0 Å². The second-order valence-electron chi connectivity index (χ2n) is 7.08. The van der Waals surface area contributed by atoms with Crippen molar-refractivity contribution in [1.29, 1.82) is 0 Å². The molecule has 7 heteroatoms. The molecule has 1 aliphatic heterocycles. The average Bonchev–Trinajstić information content (AvgIpc) is 2.99. The molecule has 0 fully saturated rings. The number of ketones is 1. The summed E-state index contributed by atoms with van der Waals surface area (Å²) in [4.78, 5) is 12.8. The quantitative estimate of drug-likeness (QED) is 0.594. The zero-order valence-corrected chi connectivity index (χ0v) is 15.7. The summed E-state index contributed by atoms with van der Waals surface area (Å²) < 4.78 is 58.7. The molecule has 2 N–H and O–H groups in total. The number of halogens is 4. The second-order valence-corrected chi connectivity index (χ2v) is 7.08. The Morgan fingerprint density at radius 3 is 2.43 bits per heavy atom. The Balaban J connectivity index is 1.55. The molecule has 1 atom stereocenters. The van der Waals surface area contributed by atoms with Crippen molar-refractivity contribution in [3.63, 3.8) is 0 Å². The molecular formula is C23H17F4NO2. The fourth-order valence-corrected chi connectivity index (χ4v) is 3.74. The molecule has 1 unspecified atom stereocenters. The number of fused-ring (bicyclic) bond motifs is 1. The van der Waals surface area contributed by atoms with Gasteiger partial charge in [0.1, 0.15) is 5.82 Å². The van der Waals surface area contributed by atoms with E-state index in [0.29, 0.717) is 17.4 Å². The number of benzene rings is 3. The van der Waals surface area contributed by atoms with E-state index in [4.69, 9.17) is 10.5 Å². The molecule has 1 aliphatic rings. The fraction of sp³-hybridized carbons (Fsp3) is 0.174. The molecule has 0 amide bonds. The first-order valence-electron chi connectivity index (χ1n) is 9.30. The number of rotatable bonds is 4. The summed E-state index contributed by atoms with van der Waals surface area (Å²) in [5, 5.41) is 1.22. The lowest BCUT2D eigenvalue weighted by molar-refractivity contribution is -0.137. The van der Waals surface area contributed by atoms with E-state index in [-0.39, 0.29) is 29.3 Å². The number of hydrogen-bond acceptors (Lipinski definition) is 3. The third-order valence-electron chi connectivity index (χ3n) is 5.15. The Bertz CT molecular complexity index is 1160. The number of aryl methyl sites for hydroxylation is 1. The lowest BCUT2D eigenvalue weighted by Crippen LogP contribution is -2.19. The van der Waals surface area contributed by atoms with Crippen molar-refractivity contribution < 1.29 is 27.1 Å². The van der Waals surface area contributed by atoms with E-state index in [1.54, 1.807) is 30.3 Å². The number of alkyl halides is 3. The van der Waals surface area contributed by atoms with Crippen LogP contribution in [0.3, 0.4) is 0 Å². The summed E-state index contributed by atoms with van der Waals surface area (Å²) >= 11 is 0. The molecule has 30 heavy (non-hydrogen) atoms. The van der Waals surface area contributed by atoms with Crippen molar-refractivity contribution in [3.05, 3.63) is 89.1 Å². The third kappa shape index (κ3) is 3.63. The summed E-state index contributed by atoms with van der Waals surface area (Å²) in [6, 6.07) is 14.6. The van der Waals surface area contributed by atoms with Gasteiger partial charge in [-0.15, -0.1) is 0 Å². The highest BCUT2D eigenvalue weighted by Crippen LogP contribution is 2.35. The van der Waals surface area contributed by atoms with Crippen molar-refractivity contribution in [2.45, 2.75) is 25.1 Å². The lowest BCUT2D eigenvalue weighted by atomic mass is 9.94. The van der Waals surface area contributed by atoms with Crippen LogP contribution >= 0.6 is 0 Å². The van der Waals surface area contributed by atoms with E-state index in [9.17, 15) is 22.4 Å². The minimum absolute atomic E-state index is 0.0600. The van der Waals surface area contributed by atoms with E-state index >= 15 is 0 Å². The zero-order chi connectivity index (χ0) is 21.5. The Labute approximate surface area is 169 Å². The maximum absolute atomic E-state index is 14.3. The van der Waals surface area contributed by atoms with Crippen LogP contribution in [-0.2, 0) is 22.1 Å². The van der Waals surface area contributed by atoms with Gasteiger partial charge in [-0.1, -0.05) is 42.5 Å². The molecule has 0 spiro atoms. The number of nitrogens with two attached hydrogens (primary N) is 1. The number of Topliss-reactive ketones (excluding diaryl/α,β-unsaturated/α-hetero) is 1. The monoisotopic (exact) mass is 415 g/mol. The Kier molecular flexibility index (Phi) is 4.97. The molecule has 3 nitrogen and oxygen atoms in total. The molecule has 3 aromatic rings. The fourth-order valence-electron chi connectivity index (χ4n) is 3.74. The minimum atomic E-state index is -4.54. The smallest absolute Gasteiger partial charge is 0.416 e. The number of hydrogen-bond donors (Lipinski definition) is 1. The molecule has 0 aliphatic carbocycles. The Hall–Kier alpha value is -3.35. The highest BCUT2D eigenvalue weighted by molar-refractivity contribution is 6.25. The summed E-state index contributed by atoms with van der Waals surface area (Å²) in [5.74, 6) is -1.04. The topological polar surface area (TPSA) is 52.3 Å². The minimum Gasteiger partial charge on any atom is -0.467 e. The zero-order valence-electron chi connectivity index (χ0n) is 15.7. The summed E-state index contributed by atoms with van der Waals surface area (Å²) in [6.07, 6.45) is -4.91. The molecule has 0 saturated carbocycles. The van der Waals surface area contributed by atoms with Gasteiger partial charge in [-0.25, -0.2) is 4.39 Å². The van der Waals surface area contributed by atoms with Crippen LogP contribution in [0.15, 0.2) is 66.5 Å². The Morgan fingerprint density at radius 1 is 1.00 bits per heavy atom. The van der Waals surface area contributed by atoms with Crippen LogP contribution in [0, 0.1) is 5.82 Å². The van der Waals surface area contributed by atoms with Crippen molar-refractivity contribution in [2.24, 2.45) is 5.73 Å². The highest BCUT2D eigenvalue weighted by atomic mass is 19.4. The summed E-state index contributed by atoms with van der Waals surface area (Å²) in [6.45, 7) is 0. The van der Waals surface area contributed by atoms with Gasteiger partial charge in [0.05, 0.1) is 11.1 Å². The molecular weight excluding hydrogens is 398 g/mol. The lowest BCUT2D eigenvalue weighted by Gasteiger charge is -2.12. The molecule has 1 heterocycles. The van der Waals surface area contributed by atoms with Crippen molar-refractivity contribution in [2.75, 3.05) is 0 Å². The SMILES string of the molecule is NC1=C(c2cccc(C(F)(F)F)c2)C(=O)C(CCc2cccc3cccc(F)c23)O1. The van der Waals surface area contributed by atoms with E-state index in [2.05, 4.69) is 0 Å². The van der Waals surface area contributed by atoms with Crippen LogP contribution in [0.25, 0.3) is 16.3 Å². The summed E-state index contributed by atoms with van der Waals surface area (Å²) in [5.41, 5.74) is 5.67. The van der Waals surface area contributed by atoms with Crippen LogP contribution in [0.5, 0.6) is 0 Å². The van der Waals surface area contributed by atoms with Crippen LogP contribution in [0.4, 0.5) is 17.6 Å². The van der Waals surface area contributed by atoms with Gasteiger partial charge in [-0.05, 0) is 47.6 Å². The van der Waals surface area contributed by atoms with Gasteiger partial charge < -0.3 is 10.5 Å². The first-order valence-corrected chi connectivity index (χ1v) is 9.30. The van der Waals surface area contributed by atoms with E-state index in [0.717, 1.165) is 17.5 Å². The standard InChI is InChI=1S/C23H17F4NO2/c24-17-9-3-6-13-4-1-5-14(19(13)17)10-11-18-21(29)20(22(28)30-18)15-7-2-8-16(12-15)23(25,26)27/h1-9,12,18H,10-11,28H2. The van der Waals surface area contributed by atoms with Gasteiger partial charge in [-0.3, -0.25) is 4.79 Å². The van der Waals surface area contributed by atoms with Crippen molar-refractivity contribution in [1.82, 2.24) is 0 Å².